The van der Waals surface area contributed by atoms with E-state index in [1.807, 2.05) is 24.3 Å². The highest BCUT2D eigenvalue weighted by atomic mass is 16.5. The van der Waals surface area contributed by atoms with E-state index >= 15 is 0 Å². The van der Waals surface area contributed by atoms with Gasteiger partial charge in [0.1, 0.15) is 11.6 Å². The van der Waals surface area contributed by atoms with Crippen molar-refractivity contribution in [3.05, 3.63) is 53.7 Å². The van der Waals surface area contributed by atoms with Crippen molar-refractivity contribution in [1.82, 2.24) is 10.3 Å². The molecule has 5 heteroatoms. The summed E-state index contributed by atoms with van der Waals surface area (Å²) in [7, 11) is 1.67. The minimum absolute atomic E-state index is 0.0579. The van der Waals surface area contributed by atoms with Crippen LogP contribution < -0.4 is 15.0 Å². The number of benzene rings is 1. The summed E-state index contributed by atoms with van der Waals surface area (Å²) in [4.78, 5) is 19.0. The number of amides is 1. The van der Waals surface area contributed by atoms with Gasteiger partial charge in [-0.05, 0) is 61.9 Å². The summed E-state index contributed by atoms with van der Waals surface area (Å²) in [6.07, 6.45) is 7.25. The van der Waals surface area contributed by atoms with Crippen molar-refractivity contribution >= 4 is 11.7 Å². The van der Waals surface area contributed by atoms with Gasteiger partial charge in [-0.25, -0.2) is 4.98 Å². The summed E-state index contributed by atoms with van der Waals surface area (Å²) in [6.45, 7) is 2.77. The van der Waals surface area contributed by atoms with Crippen molar-refractivity contribution in [2.75, 3.05) is 31.6 Å². The number of aryl methyl sites for hydroxylation is 1. The van der Waals surface area contributed by atoms with E-state index < -0.39 is 0 Å². The summed E-state index contributed by atoms with van der Waals surface area (Å²) in [6, 6.07) is 11.9. The lowest BCUT2D eigenvalue weighted by molar-refractivity contribution is 0.0953. The summed E-state index contributed by atoms with van der Waals surface area (Å²) < 4.78 is 5.16. The molecular formula is C21H27N3O2. The molecule has 0 spiro atoms. The SMILES string of the molecule is COc1ccc(CCCNC(=O)c2ccc(N3CCCCC3)nc2)cc1. The topological polar surface area (TPSA) is 54.5 Å². The Morgan fingerprint density at radius 3 is 2.54 bits per heavy atom. The van der Waals surface area contributed by atoms with Crippen LogP contribution in [0.25, 0.3) is 0 Å². The smallest absolute Gasteiger partial charge is 0.252 e. The van der Waals surface area contributed by atoms with Gasteiger partial charge in [0.15, 0.2) is 0 Å². The molecule has 1 fully saturated rings. The fourth-order valence-electron chi connectivity index (χ4n) is 3.22. The molecule has 0 saturated carbocycles. The number of ether oxygens (including phenoxy) is 1. The number of carbonyl (C=O) groups excluding carboxylic acids is 1. The van der Waals surface area contributed by atoms with Crippen LogP contribution in [0.15, 0.2) is 42.6 Å². The molecule has 138 valence electrons. The molecule has 1 aromatic heterocycles. The third kappa shape index (κ3) is 4.97. The zero-order valence-corrected chi connectivity index (χ0v) is 15.4. The number of methoxy groups -OCH3 is 1. The van der Waals surface area contributed by atoms with Crippen LogP contribution >= 0.6 is 0 Å². The Morgan fingerprint density at radius 1 is 1.12 bits per heavy atom. The minimum Gasteiger partial charge on any atom is -0.497 e. The number of rotatable bonds is 7. The van der Waals surface area contributed by atoms with E-state index in [2.05, 4.69) is 27.3 Å². The van der Waals surface area contributed by atoms with Gasteiger partial charge in [0.25, 0.3) is 5.91 Å². The van der Waals surface area contributed by atoms with Crippen LogP contribution in [0.2, 0.25) is 0 Å². The van der Waals surface area contributed by atoms with Gasteiger partial charge in [-0.2, -0.15) is 0 Å². The van der Waals surface area contributed by atoms with E-state index in [1.54, 1.807) is 13.3 Å². The summed E-state index contributed by atoms with van der Waals surface area (Å²) >= 11 is 0. The number of pyridine rings is 1. The highest BCUT2D eigenvalue weighted by Crippen LogP contribution is 2.17. The number of hydrogen-bond acceptors (Lipinski definition) is 4. The van der Waals surface area contributed by atoms with Crippen molar-refractivity contribution in [2.24, 2.45) is 0 Å². The van der Waals surface area contributed by atoms with Crippen molar-refractivity contribution < 1.29 is 9.53 Å². The van der Waals surface area contributed by atoms with Gasteiger partial charge in [0.05, 0.1) is 12.7 Å². The molecule has 1 aliphatic heterocycles. The second kappa shape index (κ2) is 9.22. The molecule has 1 N–H and O–H groups in total. The number of nitrogens with one attached hydrogen (secondary N) is 1. The third-order valence-corrected chi connectivity index (χ3v) is 4.78. The molecule has 1 amide bonds. The Morgan fingerprint density at radius 2 is 1.88 bits per heavy atom. The van der Waals surface area contributed by atoms with Gasteiger partial charge in [0.2, 0.25) is 0 Å². The lowest BCUT2D eigenvalue weighted by atomic mass is 10.1. The van der Waals surface area contributed by atoms with Crippen LogP contribution in [0, 0.1) is 0 Å². The first kappa shape index (κ1) is 18.2. The second-order valence-corrected chi connectivity index (χ2v) is 6.66. The molecule has 5 nitrogen and oxygen atoms in total. The average Bonchev–Trinajstić information content (AvgIpc) is 2.72. The summed E-state index contributed by atoms with van der Waals surface area (Å²) in [5.41, 5.74) is 1.86. The van der Waals surface area contributed by atoms with Gasteiger partial charge in [0, 0.05) is 25.8 Å². The summed E-state index contributed by atoms with van der Waals surface area (Å²) in [5, 5.41) is 2.97. The molecule has 2 aromatic rings. The lowest BCUT2D eigenvalue weighted by Gasteiger charge is -2.27. The second-order valence-electron chi connectivity index (χ2n) is 6.66. The van der Waals surface area contributed by atoms with Crippen LogP contribution in [0.3, 0.4) is 0 Å². The molecular weight excluding hydrogens is 326 g/mol. The van der Waals surface area contributed by atoms with Gasteiger partial charge in [-0.15, -0.1) is 0 Å². The first-order chi connectivity index (χ1) is 12.8. The normalized spacial score (nSPS) is 14.1. The Kier molecular flexibility index (Phi) is 6.47. The summed E-state index contributed by atoms with van der Waals surface area (Å²) in [5.74, 6) is 1.78. The predicted molar refractivity (Wildman–Crippen MR) is 104 cm³/mol. The Hall–Kier alpha value is -2.56. The van der Waals surface area contributed by atoms with Crippen LogP contribution in [-0.4, -0.2) is 37.6 Å². The molecule has 1 aliphatic rings. The number of aromatic nitrogens is 1. The standard InChI is InChI=1S/C21H27N3O2/c1-26-19-10-7-17(8-11-19)6-5-13-22-21(25)18-9-12-20(23-16-18)24-14-3-2-4-15-24/h7-12,16H,2-6,13-15H2,1H3,(H,22,25). The zero-order chi connectivity index (χ0) is 18.2. The quantitative estimate of drug-likeness (QED) is 0.775. The van der Waals surface area contributed by atoms with Gasteiger partial charge in [-0.1, -0.05) is 12.1 Å². The first-order valence-corrected chi connectivity index (χ1v) is 9.38. The van der Waals surface area contributed by atoms with Gasteiger partial charge in [-0.3, -0.25) is 4.79 Å². The number of nitrogens with zero attached hydrogens (tertiary/aromatic N) is 2. The lowest BCUT2D eigenvalue weighted by Crippen LogP contribution is -2.30. The van der Waals surface area contributed by atoms with Crippen LogP contribution in [0.5, 0.6) is 5.75 Å². The maximum atomic E-state index is 12.2. The molecule has 1 saturated heterocycles. The number of piperidine rings is 1. The molecule has 1 aromatic carbocycles. The third-order valence-electron chi connectivity index (χ3n) is 4.78. The molecule has 26 heavy (non-hydrogen) atoms. The van der Waals surface area contributed by atoms with Crippen molar-refractivity contribution in [3.8, 4) is 5.75 Å². The molecule has 2 heterocycles. The van der Waals surface area contributed by atoms with E-state index in [1.165, 1.54) is 24.8 Å². The van der Waals surface area contributed by atoms with Crippen LogP contribution in [0.1, 0.15) is 41.6 Å². The van der Waals surface area contributed by atoms with E-state index in [4.69, 9.17) is 4.74 Å². The minimum atomic E-state index is -0.0579. The first-order valence-electron chi connectivity index (χ1n) is 9.38. The zero-order valence-electron chi connectivity index (χ0n) is 15.4. The Labute approximate surface area is 155 Å². The van der Waals surface area contributed by atoms with Crippen molar-refractivity contribution in [2.45, 2.75) is 32.1 Å². The highest BCUT2D eigenvalue weighted by Gasteiger charge is 2.13. The maximum absolute atomic E-state index is 12.2. The Balaban J connectivity index is 1.42. The number of anilines is 1. The predicted octanol–water partition coefficient (Wildman–Crippen LogP) is 3.44. The highest BCUT2D eigenvalue weighted by molar-refractivity contribution is 5.94. The van der Waals surface area contributed by atoms with Crippen molar-refractivity contribution in [1.29, 1.82) is 0 Å². The van der Waals surface area contributed by atoms with E-state index in [9.17, 15) is 4.79 Å². The average molecular weight is 353 g/mol. The van der Waals surface area contributed by atoms with E-state index in [0.717, 1.165) is 37.5 Å². The molecule has 0 bridgehead atoms. The van der Waals surface area contributed by atoms with E-state index in [-0.39, 0.29) is 5.91 Å². The van der Waals surface area contributed by atoms with Crippen LogP contribution in [0.4, 0.5) is 5.82 Å². The largest absolute Gasteiger partial charge is 0.497 e. The molecule has 3 rings (SSSR count). The number of hydrogen-bond donors (Lipinski definition) is 1. The molecule has 0 atom stereocenters. The Bertz CT molecular complexity index is 692. The fourth-order valence-corrected chi connectivity index (χ4v) is 3.22. The molecule has 0 radical (unpaired) electrons. The monoisotopic (exact) mass is 353 g/mol. The fraction of sp³-hybridized carbons (Fsp3) is 0.429. The maximum Gasteiger partial charge on any atom is 0.252 e. The number of carbonyl (C=O) groups is 1. The molecule has 0 aliphatic carbocycles. The van der Waals surface area contributed by atoms with Crippen LogP contribution in [-0.2, 0) is 6.42 Å². The molecule has 0 unspecified atom stereocenters. The van der Waals surface area contributed by atoms with E-state index in [0.29, 0.717) is 12.1 Å². The van der Waals surface area contributed by atoms with Gasteiger partial charge < -0.3 is 15.0 Å². The van der Waals surface area contributed by atoms with Crippen molar-refractivity contribution in [3.63, 3.8) is 0 Å². The van der Waals surface area contributed by atoms with Gasteiger partial charge >= 0.3 is 0 Å².